The van der Waals surface area contributed by atoms with Gasteiger partial charge in [0.1, 0.15) is 0 Å². The van der Waals surface area contributed by atoms with Gasteiger partial charge in [0.15, 0.2) is 0 Å². The van der Waals surface area contributed by atoms with Gasteiger partial charge in [0.2, 0.25) is 0 Å². The van der Waals surface area contributed by atoms with Crippen LogP contribution >= 0.6 is 0 Å². The van der Waals surface area contributed by atoms with E-state index in [-0.39, 0.29) is 12.1 Å². The normalized spacial score (nSPS) is 21.8. The van der Waals surface area contributed by atoms with Gasteiger partial charge >= 0.3 is 12.0 Å². The van der Waals surface area contributed by atoms with Gasteiger partial charge in [0.25, 0.3) is 0 Å². The summed E-state index contributed by atoms with van der Waals surface area (Å²) in [5, 5.41) is 12.0. The molecule has 2 unspecified atom stereocenters. The number of hydrogen-bond acceptors (Lipinski definition) is 3. The number of carboxylic acids is 1. The average molecular weight is 331 g/mol. The minimum Gasteiger partial charge on any atom is -0.481 e. The molecule has 24 heavy (non-hydrogen) atoms. The monoisotopic (exact) mass is 331 g/mol. The summed E-state index contributed by atoms with van der Waals surface area (Å²) in [7, 11) is 0. The molecule has 0 aromatic heterocycles. The van der Waals surface area contributed by atoms with Crippen molar-refractivity contribution in [1.29, 1.82) is 0 Å². The summed E-state index contributed by atoms with van der Waals surface area (Å²) >= 11 is 0. The van der Waals surface area contributed by atoms with Crippen LogP contribution < -0.4 is 10.2 Å². The van der Waals surface area contributed by atoms with Crippen molar-refractivity contribution in [3.05, 3.63) is 29.8 Å². The fourth-order valence-corrected chi connectivity index (χ4v) is 3.47. The molecule has 6 nitrogen and oxygen atoms in total. The lowest BCUT2D eigenvalue weighted by molar-refractivity contribution is -0.141. The maximum atomic E-state index is 12.3. The van der Waals surface area contributed by atoms with Gasteiger partial charge < -0.3 is 20.2 Å². The minimum absolute atomic E-state index is 0.107. The molecule has 2 aliphatic rings. The van der Waals surface area contributed by atoms with Gasteiger partial charge in [0, 0.05) is 31.9 Å². The van der Waals surface area contributed by atoms with E-state index in [0.717, 1.165) is 18.7 Å². The zero-order valence-corrected chi connectivity index (χ0v) is 14.1. The van der Waals surface area contributed by atoms with E-state index in [1.807, 2.05) is 19.1 Å². The van der Waals surface area contributed by atoms with E-state index in [1.54, 1.807) is 4.90 Å². The molecule has 2 saturated heterocycles. The zero-order chi connectivity index (χ0) is 17.1. The van der Waals surface area contributed by atoms with Gasteiger partial charge in [-0.2, -0.15) is 0 Å². The molecule has 0 saturated carbocycles. The van der Waals surface area contributed by atoms with Crippen molar-refractivity contribution in [1.82, 2.24) is 10.2 Å². The molecule has 2 heterocycles. The lowest BCUT2D eigenvalue weighted by atomic mass is 10.1. The zero-order valence-electron chi connectivity index (χ0n) is 14.1. The first-order valence-electron chi connectivity index (χ1n) is 8.68. The molecule has 1 aromatic rings. The largest absolute Gasteiger partial charge is 0.481 e. The molecule has 0 radical (unpaired) electrons. The Morgan fingerprint density at radius 1 is 1.25 bits per heavy atom. The SMILES string of the molecule is CC(NC(=O)N1CCC(C(=O)O)C1)c1cccc(N2CCCC2)c1. The predicted molar refractivity (Wildman–Crippen MR) is 92.2 cm³/mol. The van der Waals surface area contributed by atoms with Crippen molar-refractivity contribution in [3.63, 3.8) is 0 Å². The molecular weight excluding hydrogens is 306 g/mol. The second-order valence-corrected chi connectivity index (χ2v) is 6.73. The predicted octanol–water partition coefficient (Wildman–Crippen LogP) is 2.46. The lowest BCUT2D eigenvalue weighted by Crippen LogP contribution is -2.40. The van der Waals surface area contributed by atoms with Crippen LogP contribution in [0.15, 0.2) is 24.3 Å². The first kappa shape index (κ1) is 16.6. The number of benzene rings is 1. The Labute approximate surface area is 142 Å². The second-order valence-electron chi connectivity index (χ2n) is 6.73. The first-order chi connectivity index (χ1) is 11.5. The second kappa shape index (κ2) is 7.11. The smallest absolute Gasteiger partial charge is 0.317 e. The Balaban J connectivity index is 1.60. The Morgan fingerprint density at radius 2 is 2.00 bits per heavy atom. The molecule has 6 heteroatoms. The van der Waals surface area contributed by atoms with E-state index >= 15 is 0 Å². The van der Waals surface area contributed by atoms with E-state index in [0.29, 0.717) is 19.5 Å². The van der Waals surface area contributed by atoms with Crippen LogP contribution in [0.1, 0.15) is 37.8 Å². The van der Waals surface area contributed by atoms with Crippen molar-refractivity contribution >= 4 is 17.7 Å². The number of amides is 2. The molecule has 2 amide bonds. The number of hydrogen-bond donors (Lipinski definition) is 2. The highest BCUT2D eigenvalue weighted by Gasteiger charge is 2.31. The molecule has 0 bridgehead atoms. The van der Waals surface area contributed by atoms with Crippen LogP contribution in [0.5, 0.6) is 0 Å². The summed E-state index contributed by atoms with van der Waals surface area (Å²) in [5.74, 6) is -1.26. The van der Waals surface area contributed by atoms with Gasteiger partial charge in [-0.15, -0.1) is 0 Å². The molecule has 1 aromatic carbocycles. The lowest BCUT2D eigenvalue weighted by Gasteiger charge is -2.23. The van der Waals surface area contributed by atoms with Crippen LogP contribution in [0, 0.1) is 5.92 Å². The molecule has 130 valence electrons. The summed E-state index contributed by atoms with van der Waals surface area (Å²) in [6, 6.07) is 8.01. The third-order valence-electron chi connectivity index (χ3n) is 5.01. The highest BCUT2D eigenvalue weighted by atomic mass is 16.4. The maximum Gasteiger partial charge on any atom is 0.317 e. The average Bonchev–Trinajstić information content (AvgIpc) is 3.26. The van der Waals surface area contributed by atoms with Crippen molar-refractivity contribution in [3.8, 4) is 0 Å². The van der Waals surface area contributed by atoms with Crippen LogP contribution in [0.2, 0.25) is 0 Å². The molecular formula is C18H25N3O3. The highest BCUT2D eigenvalue weighted by molar-refractivity contribution is 5.77. The fraction of sp³-hybridized carbons (Fsp3) is 0.556. The van der Waals surface area contributed by atoms with E-state index < -0.39 is 11.9 Å². The van der Waals surface area contributed by atoms with E-state index in [4.69, 9.17) is 5.11 Å². The number of rotatable bonds is 4. The Bertz CT molecular complexity index is 613. The van der Waals surface area contributed by atoms with Crippen molar-refractivity contribution in [2.24, 2.45) is 5.92 Å². The van der Waals surface area contributed by atoms with Crippen molar-refractivity contribution in [2.45, 2.75) is 32.2 Å². The topological polar surface area (TPSA) is 72.9 Å². The number of urea groups is 1. The number of nitrogens with one attached hydrogen (secondary N) is 1. The Kier molecular flexibility index (Phi) is 4.92. The van der Waals surface area contributed by atoms with Crippen molar-refractivity contribution < 1.29 is 14.7 Å². The summed E-state index contributed by atoms with van der Waals surface area (Å²) in [6.07, 6.45) is 2.99. The highest BCUT2D eigenvalue weighted by Crippen LogP contribution is 2.24. The minimum atomic E-state index is -0.823. The standard InChI is InChI=1S/C18H25N3O3/c1-13(19-18(24)21-10-7-15(12-21)17(22)23)14-5-4-6-16(11-14)20-8-2-3-9-20/h4-6,11,13,15H,2-3,7-10,12H2,1H3,(H,19,24)(H,22,23). The number of nitrogens with zero attached hydrogens (tertiary/aromatic N) is 2. The van der Waals surface area contributed by atoms with Gasteiger partial charge in [-0.05, 0) is 43.9 Å². The number of likely N-dealkylation sites (tertiary alicyclic amines) is 1. The first-order valence-corrected chi connectivity index (χ1v) is 8.68. The number of aliphatic carboxylic acids is 1. The maximum absolute atomic E-state index is 12.3. The summed E-state index contributed by atoms with van der Waals surface area (Å²) in [6.45, 7) is 4.94. The van der Waals surface area contributed by atoms with Crippen LogP contribution in [-0.2, 0) is 4.79 Å². The summed E-state index contributed by atoms with van der Waals surface area (Å²) < 4.78 is 0. The van der Waals surface area contributed by atoms with Crippen LogP contribution in [-0.4, -0.2) is 48.2 Å². The number of carboxylic acid groups (broad SMARTS) is 1. The van der Waals surface area contributed by atoms with E-state index in [9.17, 15) is 9.59 Å². The Hall–Kier alpha value is -2.24. The number of anilines is 1. The van der Waals surface area contributed by atoms with Crippen LogP contribution in [0.4, 0.5) is 10.5 Å². The summed E-state index contributed by atoms with van der Waals surface area (Å²) in [5.41, 5.74) is 2.28. The third kappa shape index (κ3) is 3.63. The van der Waals surface area contributed by atoms with Crippen LogP contribution in [0.3, 0.4) is 0 Å². The molecule has 2 aliphatic heterocycles. The molecule has 0 spiro atoms. The summed E-state index contributed by atoms with van der Waals surface area (Å²) in [4.78, 5) is 27.3. The molecule has 2 atom stereocenters. The fourth-order valence-electron chi connectivity index (χ4n) is 3.47. The van der Waals surface area contributed by atoms with E-state index in [2.05, 4.69) is 22.3 Å². The van der Waals surface area contributed by atoms with Gasteiger partial charge in [0.05, 0.1) is 12.0 Å². The molecule has 3 rings (SSSR count). The quantitative estimate of drug-likeness (QED) is 0.889. The number of carbonyl (C=O) groups excluding carboxylic acids is 1. The Morgan fingerprint density at radius 3 is 2.67 bits per heavy atom. The van der Waals surface area contributed by atoms with Crippen LogP contribution in [0.25, 0.3) is 0 Å². The van der Waals surface area contributed by atoms with Gasteiger partial charge in [-0.25, -0.2) is 4.79 Å². The third-order valence-corrected chi connectivity index (χ3v) is 5.01. The molecule has 2 fully saturated rings. The number of carbonyl (C=O) groups is 2. The van der Waals surface area contributed by atoms with Gasteiger partial charge in [-0.3, -0.25) is 4.79 Å². The molecule has 2 N–H and O–H groups in total. The molecule has 0 aliphatic carbocycles. The van der Waals surface area contributed by atoms with E-state index in [1.165, 1.54) is 18.5 Å². The van der Waals surface area contributed by atoms with Crippen molar-refractivity contribution in [2.75, 3.05) is 31.1 Å². The van der Waals surface area contributed by atoms with Gasteiger partial charge in [-0.1, -0.05) is 12.1 Å².